The molecule has 0 aromatic rings. The Morgan fingerprint density at radius 3 is 2.33 bits per heavy atom. The van der Waals surface area contributed by atoms with Gasteiger partial charge in [0.2, 0.25) is 0 Å². The molecule has 0 bridgehead atoms. The molecule has 0 amide bonds. The molecule has 0 aromatic carbocycles. The first-order chi connectivity index (χ1) is 4.12. The minimum absolute atomic E-state index is 0.468. The molecule has 9 heavy (non-hydrogen) atoms. The first-order valence-electron chi connectivity index (χ1n) is 2.70. The molecule has 1 fully saturated rings. The lowest BCUT2D eigenvalue weighted by atomic mass is 9.97. The molecule has 1 aliphatic rings. The maximum absolute atomic E-state index is 12.8. The van der Waals surface area contributed by atoms with Crippen LogP contribution in [-0.4, -0.2) is 9.58 Å². The summed E-state index contributed by atoms with van der Waals surface area (Å²) in [6.07, 6.45) is 1.81. The quantitative estimate of drug-likeness (QED) is 0.560. The molecule has 0 heterocycles. The monoisotopic (exact) mass is 168 g/mol. The van der Waals surface area contributed by atoms with Gasteiger partial charge in [0, 0.05) is 0 Å². The highest BCUT2D eigenvalue weighted by Gasteiger charge is 2.39. The second kappa shape index (κ2) is 2.46. The van der Waals surface area contributed by atoms with E-state index in [-0.39, 0.29) is 0 Å². The van der Waals surface area contributed by atoms with Gasteiger partial charge in [0.15, 0.2) is 5.00 Å². The van der Waals surface area contributed by atoms with Gasteiger partial charge in [-0.05, 0) is 42.6 Å². The molecule has 1 saturated carbocycles. The van der Waals surface area contributed by atoms with Crippen LogP contribution in [0.3, 0.4) is 0 Å². The first-order valence-corrected chi connectivity index (χ1v) is 3.89. The predicted octanol–water partition coefficient (Wildman–Crippen LogP) is 2.93. The second-order valence-electron chi connectivity index (χ2n) is 2.08. The Hall–Kier alpha value is 0.240. The molecule has 1 nitrogen and oxygen atoms in total. The molecular formula is C5H6ClFOS. The van der Waals surface area contributed by atoms with Crippen molar-refractivity contribution < 1.29 is 9.18 Å². The van der Waals surface area contributed by atoms with Gasteiger partial charge in [-0.15, -0.1) is 0 Å². The Balaban J connectivity index is 2.33. The summed E-state index contributed by atoms with van der Waals surface area (Å²) in [5, 5.41) is -1.32. The Morgan fingerprint density at radius 1 is 1.67 bits per heavy atom. The number of alkyl halides is 1. The molecule has 0 aliphatic heterocycles. The van der Waals surface area contributed by atoms with Gasteiger partial charge in [-0.2, -0.15) is 0 Å². The highest BCUT2D eigenvalue weighted by atomic mass is 35.5. The summed E-state index contributed by atoms with van der Waals surface area (Å²) >= 11 is 5.56. The average Bonchev–Trinajstić information content (AvgIpc) is 1.60. The van der Waals surface area contributed by atoms with Gasteiger partial charge >= 0.3 is 0 Å². The largest absolute Gasteiger partial charge is 0.282 e. The Kier molecular flexibility index (Phi) is 2.01. The summed E-state index contributed by atoms with van der Waals surface area (Å²) < 4.78 is 12.2. The van der Waals surface area contributed by atoms with E-state index in [4.69, 9.17) is 11.6 Å². The lowest BCUT2D eigenvalue weighted by Gasteiger charge is -2.30. The first kappa shape index (κ1) is 7.35. The minimum Gasteiger partial charge on any atom is -0.268 e. The molecule has 0 spiro atoms. The van der Waals surface area contributed by atoms with Crippen LogP contribution in [0.4, 0.5) is 9.18 Å². The SMILES string of the molecule is O=C(Cl)SC1(F)CCC1. The van der Waals surface area contributed by atoms with Crippen molar-refractivity contribution in [1.29, 1.82) is 0 Å². The lowest BCUT2D eigenvalue weighted by molar-refractivity contribution is 0.170. The van der Waals surface area contributed by atoms with Gasteiger partial charge in [0.1, 0.15) is 0 Å². The Labute approximate surface area is 61.9 Å². The zero-order valence-electron chi connectivity index (χ0n) is 4.69. The molecule has 0 radical (unpaired) electrons. The van der Waals surface area contributed by atoms with Crippen LogP contribution in [0.5, 0.6) is 0 Å². The zero-order chi connectivity index (χ0) is 6.91. The molecule has 1 rings (SSSR count). The Morgan fingerprint density at radius 2 is 2.22 bits per heavy atom. The predicted molar refractivity (Wildman–Crippen MR) is 36.5 cm³/mol. The van der Waals surface area contributed by atoms with Crippen LogP contribution in [-0.2, 0) is 0 Å². The normalized spacial score (nSPS) is 22.9. The van der Waals surface area contributed by atoms with Crippen LogP contribution in [0, 0.1) is 0 Å². The van der Waals surface area contributed by atoms with E-state index < -0.39 is 9.58 Å². The Bertz CT molecular complexity index is 135. The van der Waals surface area contributed by atoms with Gasteiger partial charge in [-0.25, -0.2) is 4.39 Å². The fraction of sp³-hybridized carbons (Fsp3) is 0.800. The number of hydrogen-bond acceptors (Lipinski definition) is 2. The van der Waals surface area contributed by atoms with E-state index in [2.05, 4.69) is 0 Å². The summed E-state index contributed by atoms with van der Waals surface area (Å²) in [4.78, 5) is 10.1. The number of carbonyl (C=O) groups is 1. The standard InChI is InChI=1S/C5H6ClFOS/c6-4(8)9-5(7)2-1-3-5/h1-3H2. The molecule has 52 valence electrons. The fourth-order valence-electron chi connectivity index (χ4n) is 0.701. The van der Waals surface area contributed by atoms with Crippen molar-refractivity contribution in [2.45, 2.75) is 24.3 Å². The van der Waals surface area contributed by atoms with E-state index in [0.717, 1.165) is 6.42 Å². The van der Waals surface area contributed by atoms with Gasteiger partial charge in [-0.3, -0.25) is 4.79 Å². The third-order valence-electron chi connectivity index (χ3n) is 1.36. The summed E-state index contributed by atoms with van der Waals surface area (Å²) in [6.45, 7) is 0. The van der Waals surface area contributed by atoms with Crippen molar-refractivity contribution >= 4 is 27.9 Å². The van der Waals surface area contributed by atoms with E-state index in [1.165, 1.54) is 0 Å². The van der Waals surface area contributed by atoms with E-state index in [1.54, 1.807) is 0 Å². The number of thioether (sulfide) groups is 1. The minimum atomic E-state index is -1.32. The molecule has 4 heteroatoms. The number of hydrogen-bond donors (Lipinski definition) is 0. The van der Waals surface area contributed by atoms with Crippen LogP contribution in [0.2, 0.25) is 0 Å². The molecule has 0 unspecified atom stereocenters. The lowest BCUT2D eigenvalue weighted by Crippen LogP contribution is -2.27. The topological polar surface area (TPSA) is 17.1 Å². The summed E-state index contributed by atoms with van der Waals surface area (Å²) in [5.74, 6) is 0. The third kappa shape index (κ3) is 1.83. The van der Waals surface area contributed by atoms with Crippen molar-refractivity contribution in [3.05, 3.63) is 0 Å². The van der Waals surface area contributed by atoms with E-state index in [0.29, 0.717) is 24.6 Å². The molecular weight excluding hydrogens is 163 g/mol. The highest BCUT2D eigenvalue weighted by Crippen LogP contribution is 2.46. The van der Waals surface area contributed by atoms with Crippen LogP contribution >= 0.6 is 23.4 Å². The third-order valence-corrected chi connectivity index (χ3v) is 2.53. The van der Waals surface area contributed by atoms with Crippen LogP contribution in [0.1, 0.15) is 19.3 Å². The van der Waals surface area contributed by atoms with Crippen molar-refractivity contribution in [3.63, 3.8) is 0 Å². The van der Waals surface area contributed by atoms with E-state index >= 15 is 0 Å². The smallest absolute Gasteiger partial charge is 0.268 e. The maximum Gasteiger partial charge on any atom is 0.282 e. The molecule has 0 aromatic heterocycles. The average molecular weight is 169 g/mol. The van der Waals surface area contributed by atoms with Crippen molar-refractivity contribution in [3.8, 4) is 0 Å². The highest BCUT2D eigenvalue weighted by molar-refractivity contribution is 8.17. The van der Waals surface area contributed by atoms with Gasteiger partial charge < -0.3 is 0 Å². The van der Waals surface area contributed by atoms with Crippen molar-refractivity contribution in [2.75, 3.05) is 0 Å². The van der Waals surface area contributed by atoms with Crippen LogP contribution in [0.15, 0.2) is 0 Å². The molecule has 0 N–H and O–H groups in total. The van der Waals surface area contributed by atoms with Crippen LogP contribution in [0.25, 0.3) is 0 Å². The molecule has 1 aliphatic carbocycles. The summed E-state index contributed by atoms with van der Waals surface area (Å²) in [5.41, 5.74) is 0. The number of carbonyl (C=O) groups excluding carboxylic acids is 1. The van der Waals surface area contributed by atoms with E-state index in [9.17, 15) is 9.18 Å². The van der Waals surface area contributed by atoms with Crippen molar-refractivity contribution in [1.82, 2.24) is 0 Å². The van der Waals surface area contributed by atoms with Gasteiger partial charge in [0.25, 0.3) is 4.57 Å². The van der Waals surface area contributed by atoms with Gasteiger partial charge in [-0.1, -0.05) is 0 Å². The second-order valence-corrected chi connectivity index (χ2v) is 3.95. The molecule has 0 atom stereocenters. The zero-order valence-corrected chi connectivity index (χ0v) is 6.27. The number of rotatable bonds is 1. The summed E-state index contributed by atoms with van der Waals surface area (Å²) in [7, 11) is 0. The van der Waals surface area contributed by atoms with Crippen LogP contribution < -0.4 is 0 Å². The van der Waals surface area contributed by atoms with E-state index in [1.807, 2.05) is 0 Å². The number of halogens is 2. The van der Waals surface area contributed by atoms with Gasteiger partial charge in [0.05, 0.1) is 0 Å². The fourth-order valence-corrected chi connectivity index (χ4v) is 1.90. The summed E-state index contributed by atoms with van der Waals surface area (Å²) in [6, 6.07) is 0. The molecule has 0 saturated heterocycles. The maximum atomic E-state index is 12.8. The van der Waals surface area contributed by atoms with Crippen molar-refractivity contribution in [2.24, 2.45) is 0 Å².